The summed E-state index contributed by atoms with van der Waals surface area (Å²) in [4.78, 5) is 9.44. The molecule has 0 spiro atoms. The van der Waals surface area contributed by atoms with E-state index in [1.807, 2.05) is 0 Å². The monoisotopic (exact) mass is 98.0 g/mol. The van der Waals surface area contributed by atoms with E-state index >= 15 is 0 Å². The molecule has 1 nitrogen and oxygen atoms in total. The first-order valence-electron chi connectivity index (χ1n) is 1.20. The van der Waals surface area contributed by atoms with Gasteiger partial charge in [0.25, 0.3) is 0 Å². The Kier molecular flexibility index (Phi) is 9.20. The average Bonchev–Trinajstić information content (AvgIpc) is 0.811. The van der Waals surface area contributed by atoms with E-state index in [9.17, 15) is 4.79 Å². The van der Waals surface area contributed by atoms with Crippen LogP contribution in [0.5, 0.6) is 0 Å². The summed E-state index contributed by atoms with van der Waals surface area (Å²) >= 11 is 0. The van der Waals surface area contributed by atoms with Crippen LogP contribution >= 0.6 is 0 Å². The number of hydrogen-bond donors (Lipinski definition) is 0. The fraction of sp³-hybridized carbons (Fsp3) is 0.667. The molecule has 0 aliphatic carbocycles. The van der Waals surface area contributed by atoms with Crippen molar-refractivity contribution in [3.8, 4) is 0 Å². The molecule has 0 aromatic carbocycles. The summed E-state index contributed by atoms with van der Waals surface area (Å²) in [5.41, 5.74) is 0. The Bertz CT molecular complexity index is 29.9. The Morgan fingerprint density at radius 1 is 1.40 bits per heavy atom. The van der Waals surface area contributed by atoms with Gasteiger partial charge in [0.2, 0.25) is 0 Å². The summed E-state index contributed by atoms with van der Waals surface area (Å²) in [6.45, 7) is 3.06. The van der Waals surface area contributed by atoms with Crippen molar-refractivity contribution in [3.63, 3.8) is 0 Å². The molecule has 5 heavy (non-hydrogen) atoms. The zero-order valence-corrected chi connectivity index (χ0v) is 3.97. The predicted molar refractivity (Wildman–Crippen MR) is 16.4 cm³/mol. The maximum atomic E-state index is 9.44. The van der Waals surface area contributed by atoms with Gasteiger partial charge in [0.15, 0.2) is 0 Å². The summed E-state index contributed by atoms with van der Waals surface area (Å²) in [5.74, 6) is 0.167. The summed E-state index contributed by atoms with van der Waals surface area (Å²) in [5, 5.41) is 0. The minimum Gasteiger partial charge on any atom is -0.300 e. The summed E-state index contributed by atoms with van der Waals surface area (Å²) in [6.07, 6.45) is 0. The Labute approximate surface area is 61.7 Å². The molecule has 0 atom stereocenters. The molecule has 0 rings (SSSR count). The zero-order valence-electron chi connectivity index (χ0n) is 3.26. The van der Waals surface area contributed by atoms with Crippen molar-refractivity contribution < 1.29 is 42.5 Å². The first-order chi connectivity index (χ1) is 1.73. The quantitative estimate of drug-likeness (QED) is 0.433. The third-order valence-electron chi connectivity index (χ3n) is 0. The minimum atomic E-state index is 0. The Morgan fingerprint density at radius 3 is 1.40 bits per heavy atom. The topological polar surface area (TPSA) is 17.1 Å². The molecule has 0 saturated carbocycles. The van der Waals surface area contributed by atoms with E-state index in [1.165, 1.54) is 13.8 Å². The number of Topliss-reactive ketones (excluding diaryl/α,β-unsaturated/α-hetero) is 1. The van der Waals surface area contributed by atoms with Gasteiger partial charge in [-0.3, -0.25) is 0 Å². The molecule has 0 N–H and O–H groups in total. The number of carbonyl (C=O) groups excluding carboxylic acids is 1. The Balaban J connectivity index is 0. The number of ketones is 1. The van der Waals surface area contributed by atoms with Crippen LogP contribution in [0.4, 0.5) is 0 Å². The van der Waals surface area contributed by atoms with Crippen LogP contribution in [0.2, 0.25) is 0 Å². The van der Waals surface area contributed by atoms with E-state index in [0.717, 1.165) is 0 Å². The maximum Gasteiger partial charge on any atom is 0.126 e. The SMILES string of the molecule is CC(C)=O.[Ar]. The Morgan fingerprint density at radius 2 is 1.40 bits per heavy atom. The van der Waals surface area contributed by atoms with Crippen LogP contribution in [-0.2, 0) is 4.79 Å². The van der Waals surface area contributed by atoms with Crippen LogP contribution in [0.15, 0.2) is 0 Å². The van der Waals surface area contributed by atoms with E-state index in [2.05, 4.69) is 0 Å². The van der Waals surface area contributed by atoms with Gasteiger partial charge in [-0.1, -0.05) is 0 Å². The minimum absolute atomic E-state index is 0. The Hall–Kier alpha value is 0.930. The molecule has 0 aliphatic heterocycles. The largest absolute Gasteiger partial charge is 0.300 e. The molecule has 0 amide bonds. The molecule has 0 radical (unpaired) electrons. The molecule has 2 heteroatoms. The second kappa shape index (κ2) is 4.93. The van der Waals surface area contributed by atoms with Crippen molar-refractivity contribution in [2.45, 2.75) is 13.8 Å². The fourth-order valence-corrected chi connectivity index (χ4v) is 0. The molecule has 32 valence electrons. The number of hydrogen-bond acceptors (Lipinski definition) is 1. The van der Waals surface area contributed by atoms with E-state index in [1.54, 1.807) is 0 Å². The second-order valence-electron chi connectivity index (χ2n) is 0.908. The molecule has 0 aromatic heterocycles. The van der Waals surface area contributed by atoms with Crippen molar-refractivity contribution in [1.82, 2.24) is 0 Å². The van der Waals surface area contributed by atoms with Crippen molar-refractivity contribution in [1.29, 1.82) is 0 Å². The van der Waals surface area contributed by atoms with Crippen LogP contribution < -0.4 is 0 Å². The molecule has 0 bridgehead atoms. The van der Waals surface area contributed by atoms with E-state index in [0.29, 0.717) is 0 Å². The van der Waals surface area contributed by atoms with Gasteiger partial charge in [-0.25, -0.2) is 0 Å². The van der Waals surface area contributed by atoms with Crippen molar-refractivity contribution in [3.05, 3.63) is 0 Å². The van der Waals surface area contributed by atoms with Crippen LogP contribution in [0.1, 0.15) is 13.8 Å². The average molecular weight is 98.0 g/mol. The van der Waals surface area contributed by atoms with Crippen LogP contribution in [0.25, 0.3) is 0 Å². The molecular formula is C3H6ArO. The van der Waals surface area contributed by atoms with E-state index in [4.69, 9.17) is 0 Å². The van der Waals surface area contributed by atoms with Gasteiger partial charge < -0.3 is 4.79 Å². The van der Waals surface area contributed by atoms with Gasteiger partial charge >= 0.3 is 0 Å². The maximum absolute atomic E-state index is 9.44. The van der Waals surface area contributed by atoms with Gasteiger partial charge in [0.05, 0.1) is 0 Å². The van der Waals surface area contributed by atoms with Gasteiger partial charge in [-0.05, 0) is 13.8 Å². The van der Waals surface area contributed by atoms with Crippen molar-refractivity contribution >= 4 is 5.78 Å². The fourth-order valence-electron chi connectivity index (χ4n) is 0. The third-order valence-corrected chi connectivity index (χ3v) is 0. The molecule has 0 aromatic rings. The van der Waals surface area contributed by atoms with Crippen LogP contribution in [0.3, 0.4) is 0 Å². The van der Waals surface area contributed by atoms with Gasteiger partial charge in [-0.2, -0.15) is 0 Å². The molecular weight excluding hydrogens is 92.0 g/mol. The molecule has 0 heterocycles. The molecule has 0 fully saturated rings. The van der Waals surface area contributed by atoms with Gasteiger partial charge in [0.1, 0.15) is 5.78 Å². The normalized spacial score (nSPS) is 5.20. The first-order valence-corrected chi connectivity index (χ1v) is 1.20. The molecule has 0 aliphatic rings. The van der Waals surface area contributed by atoms with E-state index in [-0.39, 0.29) is 43.5 Å². The van der Waals surface area contributed by atoms with Crippen molar-refractivity contribution in [2.75, 3.05) is 0 Å². The zero-order chi connectivity index (χ0) is 3.58. The van der Waals surface area contributed by atoms with Gasteiger partial charge in [0, 0.05) is 37.7 Å². The van der Waals surface area contributed by atoms with Crippen LogP contribution in [-0.4, -0.2) is 5.78 Å². The number of carbonyl (C=O) groups is 1. The molecule has 0 saturated heterocycles. The summed E-state index contributed by atoms with van der Waals surface area (Å²) in [7, 11) is 0. The van der Waals surface area contributed by atoms with E-state index < -0.39 is 0 Å². The third kappa shape index (κ3) is 49.0. The van der Waals surface area contributed by atoms with Crippen molar-refractivity contribution in [2.24, 2.45) is 0 Å². The molecule has 0 unspecified atom stereocenters. The van der Waals surface area contributed by atoms with Crippen LogP contribution in [0, 0.1) is 37.7 Å². The smallest absolute Gasteiger partial charge is 0.126 e. The van der Waals surface area contributed by atoms with Gasteiger partial charge in [-0.15, -0.1) is 0 Å². The summed E-state index contributed by atoms with van der Waals surface area (Å²) in [6, 6.07) is 0. The summed E-state index contributed by atoms with van der Waals surface area (Å²) < 4.78 is 0. The number of rotatable bonds is 0. The second-order valence-corrected chi connectivity index (χ2v) is 0.908. The first kappa shape index (κ1) is 9.33. The predicted octanol–water partition coefficient (Wildman–Crippen LogP) is 0.595. The standard InChI is InChI=1S/C3H6O.Ar/c1-3(2)4;/h1-2H3;.